The Kier molecular flexibility index (Phi) is 4.88. The van der Waals surface area contributed by atoms with Gasteiger partial charge in [0.05, 0.1) is 10.7 Å². The van der Waals surface area contributed by atoms with Gasteiger partial charge in [0.2, 0.25) is 11.8 Å². The van der Waals surface area contributed by atoms with Gasteiger partial charge in [0.25, 0.3) is 0 Å². The summed E-state index contributed by atoms with van der Waals surface area (Å²) in [6, 6.07) is 0. The van der Waals surface area contributed by atoms with Gasteiger partial charge in [-0.15, -0.1) is 0 Å². The standard InChI is InChI=1S/C8H12Br2N2O2/c9-5-7(13)11-1-2-12(4-3-11)8(14)6-10/h1-6H2. The summed E-state index contributed by atoms with van der Waals surface area (Å²) < 4.78 is 0. The van der Waals surface area contributed by atoms with E-state index in [1.54, 1.807) is 9.80 Å². The van der Waals surface area contributed by atoms with Gasteiger partial charge in [-0.1, -0.05) is 31.9 Å². The van der Waals surface area contributed by atoms with Crippen molar-refractivity contribution in [2.75, 3.05) is 36.8 Å². The second-order valence-corrected chi connectivity index (χ2v) is 4.15. The van der Waals surface area contributed by atoms with Crippen molar-refractivity contribution >= 4 is 43.7 Å². The summed E-state index contributed by atoms with van der Waals surface area (Å²) >= 11 is 6.26. The smallest absolute Gasteiger partial charge is 0.233 e. The van der Waals surface area contributed by atoms with E-state index in [1.807, 2.05) is 0 Å². The first-order valence-corrected chi connectivity index (χ1v) is 6.60. The Bertz CT molecular complexity index is 203. The quantitative estimate of drug-likeness (QED) is 0.691. The maximum atomic E-state index is 11.3. The molecule has 0 bridgehead atoms. The molecule has 0 radical (unpaired) electrons. The number of rotatable bonds is 2. The lowest BCUT2D eigenvalue weighted by molar-refractivity contribution is -0.136. The van der Waals surface area contributed by atoms with E-state index >= 15 is 0 Å². The van der Waals surface area contributed by atoms with Crippen molar-refractivity contribution in [3.05, 3.63) is 0 Å². The molecule has 14 heavy (non-hydrogen) atoms. The number of nitrogens with zero attached hydrogens (tertiary/aromatic N) is 2. The number of carbonyl (C=O) groups is 2. The first-order valence-electron chi connectivity index (χ1n) is 4.36. The molecule has 80 valence electrons. The van der Waals surface area contributed by atoms with Crippen molar-refractivity contribution in [2.45, 2.75) is 0 Å². The van der Waals surface area contributed by atoms with Crippen molar-refractivity contribution in [1.29, 1.82) is 0 Å². The lowest BCUT2D eigenvalue weighted by atomic mass is 10.3. The van der Waals surface area contributed by atoms with E-state index in [0.29, 0.717) is 36.8 Å². The van der Waals surface area contributed by atoms with Crippen LogP contribution in [-0.4, -0.2) is 58.5 Å². The lowest BCUT2D eigenvalue weighted by Gasteiger charge is -2.34. The normalized spacial score (nSPS) is 17.0. The van der Waals surface area contributed by atoms with Gasteiger partial charge in [-0.3, -0.25) is 9.59 Å². The molecule has 2 amide bonds. The van der Waals surface area contributed by atoms with Crippen LogP contribution in [0.4, 0.5) is 0 Å². The first kappa shape index (κ1) is 12.0. The monoisotopic (exact) mass is 326 g/mol. The molecule has 0 saturated carbocycles. The van der Waals surface area contributed by atoms with Gasteiger partial charge in [0.1, 0.15) is 0 Å². The molecule has 0 spiro atoms. The number of halogens is 2. The van der Waals surface area contributed by atoms with Gasteiger partial charge in [-0.25, -0.2) is 0 Å². The molecule has 1 saturated heterocycles. The number of piperazine rings is 1. The molecule has 1 heterocycles. The summed E-state index contributed by atoms with van der Waals surface area (Å²) in [5.74, 6) is 0.187. The third kappa shape index (κ3) is 2.95. The molecule has 1 rings (SSSR count). The Morgan fingerprint density at radius 3 is 1.36 bits per heavy atom. The predicted octanol–water partition coefficient (Wildman–Crippen LogP) is 0.447. The molecule has 1 fully saturated rings. The number of hydrogen-bond acceptors (Lipinski definition) is 2. The summed E-state index contributed by atoms with van der Waals surface area (Å²) in [6.07, 6.45) is 0. The third-order valence-electron chi connectivity index (χ3n) is 2.21. The van der Waals surface area contributed by atoms with E-state index in [-0.39, 0.29) is 11.8 Å². The lowest BCUT2D eigenvalue weighted by Crippen LogP contribution is -2.51. The van der Waals surface area contributed by atoms with Crippen LogP contribution in [0.15, 0.2) is 0 Å². The van der Waals surface area contributed by atoms with Crippen LogP contribution in [0.5, 0.6) is 0 Å². The van der Waals surface area contributed by atoms with E-state index in [2.05, 4.69) is 31.9 Å². The van der Waals surface area contributed by atoms with Crippen molar-refractivity contribution in [2.24, 2.45) is 0 Å². The molecule has 0 unspecified atom stereocenters. The van der Waals surface area contributed by atoms with Crippen LogP contribution < -0.4 is 0 Å². The minimum absolute atomic E-state index is 0.0935. The fourth-order valence-electron chi connectivity index (χ4n) is 1.37. The van der Waals surface area contributed by atoms with Gasteiger partial charge < -0.3 is 9.80 Å². The Morgan fingerprint density at radius 2 is 1.14 bits per heavy atom. The van der Waals surface area contributed by atoms with Gasteiger partial charge in [0, 0.05) is 26.2 Å². The summed E-state index contributed by atoms with van der Waals surface area (Å²) in [7, 11) is 0. The average molecular weight is 328 g/mol. The molecule has 0 N–H and O–H groups in total. The van der Waals surface area contributed by atoms with Crippen LogP contribution in [0.3, 0.4) is 0 Å². The molecule has 4 nitrogen and oxygen atoms in total. The Hall–Kier alpha value is -0.100. The third-order valence-corrected chi connectivity index (χ3v) is 3.17. The van der Waals surface area contributed by atoms with Crippen molar-refractivity contribution < 1.29 is 9.59 Å². The Labute approximate surface area is 99.9 Å². The summed E-state index contributed by atoms with van der Waals surface area (Å²) in [4.78, 5) is 26.1. The summed E-state index contributed by atoms with van der Waals surface area (Å²) in [5.41, 5.74) is 0. The Morgan fingerprint density at radius 1 is 0.857 bits per heavy atom. The van der Waals surface area contributed by atoms with E-state index < -0.39 is 0 Å². The van der Waals surface area contributed by atoms with Crippen LogP contribution in [-0.2, 0) is 9.59 Å². The first-order chi connectivity index (χ1) is 6.69. The van der Waals surface area contributed by atoms with Crippen LogP contribution in [0.2, 0.25) is 0 Å². The molecule has 0 aliphatic carbocycles. The topological polar surface area (TPSA) is 40.6 Å². The highest BCUT2D eigenvalue weighted by Gasteiger charge is 2.22. The predicted molar refractivity (Wildman–Crippen MR) is 60.7 cm³/mol. The van der Waals surface area contributed by atoms with Gasteiger partial charge in [-0.05, 0) is 0 Å². The van der Waals surface area contributed by atoms with Crippen LogP contribution in [0.25, 0.3) is 0 Å². The zero-order chi connectivity index (χ0) is 10.6. The minimum Gasteiger partial charge on any atom is -0.338 e. The fraction of sp³-hybridized carbons (Fsp3) is 0.750. The van der Waals surface area contributed by atoms with E-state index in [4.69, 9.17) is 0 Å². The molecule has 1 aliphatic rings. The Balaban J connectivity index is 2.38. The highest BCUT2D eigenvalue weighted by molar-refractivity contribution is 9.09. The summed E-state index contributed by atoms with van der Waals surface area (Å²) in [5, 5.41) is 0.721. The van der Waals surface area contributed by atoms with E-state index in [0.717, 1.165) is 0 Å². The fourth-order valence-corrected chi connectivity index (χ4v) is 2.08. The molecule has 0 aromatic heterocycles. The molecule has 1 aliphatic heterocycles. The number of carbonyl (C=O) groups excluding carboxylic acids is 2. The average Bonchev–Trinajstić information content (AvgIpc) is 2.27. The number of amides is 2. The van der Waals surface area contributed by atoms with Crippen molar-refractivity contribution in [3.8, 4) is 0 Å². The minimum atomic E-state index is 0.0935. The maximum Gasteiger partial charge on any atom is 0.233 e. The highest BCUT2D eigenvalue weighted by atomic mass is 79.9. The molecule has 0 aromatic rings. The largest absolute Gasteiger partial charge is 0.338 e. The van der Waals surface area contributed by atoms with Gasteiger partial charge in [0.15, 0.2) is 0 Å². The zero-order valence-electron chi connectivity index (χ0n) is 7.71. The van der Waals surface area contributed by atoms with E-state index in [1.165, 1.54) is 0 Å². The van der Waals surface area contributed by atoms with Crippen LogP contribution in [0, 0.1) is 0 Å². The molecule has 0 atom stereocenters. The second-order valence-electron chi connectivity index (χ2n) is 3.03. The number of hydrogen-bond donors (Lipinski definition) is 0. The molecular formula is C8H12Br2N2O2. The molecular weight excluding hydrogens is 316 g/mol. The van der Waals surface area contributed by atoms with Crippen molar-refractivity contribution in [1.82, 2.24) is 9.80 Å². The SMILES string of the molecule is O=C(CBr)N1CCN(C(=O)CBr)CC1. The van der Waals surface area contributed by atoms with Gasteiger partial charge >= 0.3 is 0 Å². The summed E-state index contributed by atoms with van der Waals surface area (Å²) in [6.45, 7) is 2.57. The van der Waals surface area contributed by atoms with Crippen LogP contribution in [0.1, 0.15) is 0 Å². The van der Waals surface area contributed by atoms with E-state index in [9.17, 15) is 9.59 Å². The second kappa shape index (κ2) is 5.70. The maximum absolute atomic E-state index is 11.3. The van der Waals surface area contributed by atoms with Crippen molar-refractivity contribution in [3.63, 3.8) is 0 Å². The zero-order valence-corrected chi connectivity index (χ0v) is 10.9. The van der Waals surface area contributed by atoms with Gasteiger partial charge in [-0.2, -0.15) is 0 Å². The van der Waals surface area contributed by atoms with Crippen LogP contribution >= 0.6 is 31.9 Å². The molecule has 6 heteroatoms. The molecule has 0 aromatic carbocycles. The number of alkyl halides is 2. The highest BCUT2D eigenvalue weighted by Crippen LogP contribution is 2.04.